The molecule has 5 atom stereocenters. The number of carbonyl (C=O) groups excluding carboxylic acids is 1. The van der Waals surface area contributed by atoms with Gasteiger partial charge in [0.25, 0.3) is 0 Å². The number of aliphatic hydroxyl groups is 4. The first-order valence-corrected chi connectivity index (χ1v) is 9.64. The van der Waals surface area contributed by atoms with Crippen molar-refractivity contribution in [1.29, 1.82) is 5.26 Å². The van der Waals surface area contributed by atoms with E-state index in [2.05, 4.69) is 4.98 Å². The zero-order chi connectivity index (χ0) is 21.3. The van der Waals surface area contributed by atoms with E-state index in [0.717, 1.165) is 11.8 Å². The molecule has 1 aliphatic heterocycles. The van der Waals surface area contributed by atoms with E-state index in [4.69, 9.17) is 9.15 Å². The maximum Gasteiger partial charge on any atom is 0.162 e. The number of aryl methyl sites for hydroxylation is 1. The van der Waals surface area contributed by atoms with Crippen LogP contribution in [0.15, 0.2) is 27.8 Å². The molecule has 0 bridgehead atoms. The van der Waals surface area contributed by atoms with Crippen molar-refractivity contribution in [2.75, 3.05) is 6.61 Å². The molecule has 0 radical (unpaired) electrons. The quantitative estimate of drug-likeness (QED) is 0.505. The summed E-state index contributed by atoms with van der Waals surface area (Å²) in [6.45, 7) is 2.41. The first kappa shape index (κ1) is 21.4. The Morgan fingerprint density at radius 3 is 2.59 bits per heavy atom. The van der Waals surface area contributed by atoms with Crippen LogP contribution in [0.4, 0.5) is 0 Å². The van der Waals surface area contributed by atoms with Gasteiger partial charge in [-0.15, -0.1) is 0 Å². The maximum atomic E-state index is 12.2. The molecule has 1 aliphatic rings. The molecule has 0 spiro atoms. The fourth-order valence-corrected chi connectivity index (χ4v) is 4.41. The van der Waals surface area contributed by atoms with Crippen molar-refractivity contribution in [2.24, 2.45) is 0 Å². The molecular formula is C19H20N2O7S. The molecule has 0 amide bonds. The number of ether oxygens (including phenoxy) is 1. The summed E-state index contributed by atoms with van der Waals surface area (Å²) >= 11 is 0.854. The Kier molecular flexibility index (Phi) is 6.38. The second kappa shape index (κ2) is 8.62. The molecule has 2 aromatic heterocycles. The average molecular weight is 420 g/mol. The number of thioether (sulfide) groups is 1. The summed E-state index contributed by atoms with van der Waals surface area (Å²) in [6, 6.07) is 5.27. The number of nitriles is 1. The summed E-state index contributed by atoms with van der Waals surface area (Å²) in [5.41, 5.74) is -0.177. The van der Waals surface area contributed by atoms with Crippen LogP contribution in [0, 0.1) is 18.3 Å². The Morgan fingerprint density at radius 1 is 1.31 bits per heavy atom. The number of ketones is 1. The zero-order valence-corrected chi connectivity index (χ0v) is 16.5. The molecule has 1 saturated heterocycles. The van der Waals surface area contributed by atoms with Crippen molar-refractivity contribution in [2.45, 2.75) is 48.7 Å². The number of aromatic nitrogens is 1. The van der Waals surface area contributed by atoms with Crippen LogP contribution in [0.2, 0.25) is 0 Å². The lowest BCUT2D eigenvalue weighted by Gasteiger charge is -2.39. The van der Waals surface area contributed by atoms with Gasteiger partial charge < -0.3 is 29.6 Å². The Labute approximate surface area is 170 Å². The predicted molar refractivity (Wildman–Crippen MR) is 101 cm³/mol. The number of Topliss-reactive ketones (excluding diaryl/α,β-unsaturated/α-hetero) is 1. The van der Waals surface area contributed by atoms with Crippen LogP contribution in [-0.4, -0.2) is 67.7 Å². The number of pyridine rings is 1. The van der Waals surface area contributed by atoms with Gasteiger partial charge in [0.15, 0.2) is 5.78 Å². The Balaban J connectivity index is 2.09. The van der Waals surface area contributed by atoms with Crippen LogP contribution in [0.3, 0.4) is 0 Å². The second-order valence-electron chi connectivity index (χ2n) is 6.59. The minimum atomic E-state index is -1.55. The van der Waals surface area contributed by atoms with E-state index in [1.807, 2.05) is 6.07 Å². The first-order chi connectivity index (χ1) is 13.8. The van der Waals surface area contributed by atoms with Gasteiger partial charge in [0.2, 0.25) is 0 Å². The van der Waals surface area contributed by atoms with E-state index in [1.54, 1.807) is 19.1 Å². The molecule has 0 unspecified atom stereocenters. The Hall–Kier alpha value is -2.26. The predicted octanol–water partition coefficient (Wildman–Crippen LogP) is 0.616. The lowest BCUT2D eigenvalue weighted by atomic mass is 9.97. The molecule has 0 aliphatic carbocycles. The van der Waals surface area contributed by atoms with Gasteiger partial charge in [0.1, 0.15) is 46.7 Å². The Morgan fingerprint density at radius 2 is 2.03 bits per heavy atom. The number of hydrogen-bond donors (Lipinski definition) is 4. The molecule has 2 aromatic rings. The van der Waals surface area contributed by atoms with Gasteiger partial charge in [0.05, 0.1) is 35.3 Å². The van der Waals surface area contributed by atoms with Crippen LogP contribution < -0.4 is 0 Å². The van der Waals surface area contributed by atoms with Crippen LogP contribution >= 0.6 is 11.8 Å². The van der Waals surface area contributed by atoms with Gasteiger partial charge in [-0.2, -0.15) is 5.26 Å². The maximum absolute atomic E-state index is 12.2. The van der Waals surface area contributed by atoms with E-state index in [0.29, 0.717) is 11.5 Å². The van der Waals surface area contributed by atoms with Gasteiger partial charge >= 0.3 is 0 Å². The number of aliphatic hydroxyl groups excluding tert-OH is 4. The third kappa shape index (κ3) is 3.93. The van der Waals surface area contributed by atoms with E-state index in [9.17, 15) is 30.5 Å². The van der Waals surface area contributed by atoms with Crippen LogP contribution in [0.1, 0.15) is 28.5 Å². The van der Waals surface area contributed by atoms with Gasteiger partial charge in [-0.25, -0.2) is 4.98 Å². The van der Waals surface area contributed by atoms with E-state index < -0.39 is 36.5 Å². The standard InChI is InChI=1S/C19H20N2O7S/c1-8-13(9(2)23)14(11-4-3-5-27-11)10(6-20)18(21-8)29-19-17(26)16(25)15(24)12(7-22)28-19/h3-5,12,15-17,19,22,24-26H,7H2,1-2H3/t12-,15-,16+,17-,19+/m1/s1. The van der Waals surface area contributed by atoms with E-state index in [-0.39, 0.29) is 27.5 Å². The molecule has 3 rings (SSSR count). The van der Waals surface area contributed by atoms with E-state index in [1.165, 1.54) is 13.2 Å². The second-order valence-corrected chi connectivity index (χ2v) is 7.67. The van der Waals surface area contributed by atoms with Crippen molar-refractivity contribution in [3.8, 4) is 17.4 Å². The highest BCUT2D eigenvalue weighted by Gasteiger charge is 2.44. The lowest BCUT2D eigenvalue weighted by Crippen LogP contribution is -2.57. The SMILES string of the molecule is CC(=O)c1c(C)nc(S[C@@H]2O[C@H](CO)[C@@H](O)[C@H](O)[C@H]2O)c(C#N)c1-c1ccco1. The average Bonchev–Trinajstić information content (AvgIpc) is 3.22. The minimum absolute atomic E-state index is 0.0534. The largest absolute Gasteiger partial charge is 0.464 e. The van der Waals surface area contributed by atoms with E-state index >= 15 is 0 Å². The third-order valence-electron chi connectivity index (χ3n) is 4.65. The normalized spacial score (nSPS) is 26.9. The smallest absolute Gasteiger partial charge is 0.162 e. The minimum Gasteiger partial charge on any atom is -0.464 e. The monoisotopic (exact) mass is 420 g/mol. The van der Waals surface area contributed by atoms with Crippen molar-refractivity contribution in [3.63, 3.8) is 0 Å². The van der Waals surface area contributed by atoms with Crippen LogP contribution in [-0.2, 0) is 4.74 Å². The zero-order valence-electron chi connectivity index (χ0n) is 15.6. The third-order valence-corrected chi connectivity index (χ3v) is 5.79. The summed E-state index contributed by atoms with van der Waals surface area (Å²) < 4.78 is 10.9. The topological polar surface area (TPSA) is 157 Å². The van der Waals surface area contributed by atoms with Gasteiger partial charge in [-0.1, -0.05) is 11.8 Å². The molecule has 9 nitrogen and oxygen atoms in total. The molecule has 10 heteroatoms. The van der Waals surface area contributed by atoms with Crippen LogP contribution in [0.5, 0.6) is 0 Å². The highest BCUT2D eigenvalue weighted by atomic mass is 32.2. The van der Waals surface area contributed by atoms with Gasteiger partial charge in [-0.05, 0) is 26.0 Å². The molecule has 3 heterocycles. The summed E-state index contributed by atoms with van der Waals surface area (Å²) in [4.78, 5) is 16.6. The molecule has 0 saturated carbocycles. The number of furan rings is 1. The highest BCUT2D eigenvalue weighted by Crippen LogP contribution is 2.39. The number of hydrogen-bond acceptors (Lipinski definition) is 10. The number of nitrogens with zero attached hydrogens (tertiary/aromatic N) is 2. The fraction of sp³-hybridized carbons (Fsp3) is 0.421. The fourth-order valence-electron chi connectivity index (χ4n) is 3.24. The highest BCUT2D eigenvalue weighted by molar-refractivity contribution is 7.99. The summed E-state index contributed by atoms with van der Waals surface area (Å²) in [7, 11) is 0. The lowest BCUT2D eigenvalue weighted by molar-refractivity contribution is -0.205. The molecule has 0 aromatic carbocycles. The molecule has 4 N–H and O–H groups in total. The molecular weight excluding hydrogens is 400 g/mol. The molecule has 154 valence electrons. The van der Waals surface area contributed by atoms with Crippen molar-refractivity contribution in [1.82, 2.24) is 4.98 Å². The Bertz CT molecular complexity index is 939. The summed E-state index contributed by atoms with van der Waals surface area (Å²) in [5.74, 6) is 0.0233. The molecule has 29 heavy (non-hydrogen) atoms. The van der Waals surface area contributed by atoms with Crippen molar-refractivity contribution in [3.05, 3.63) is 35.2 Å². The van der Waals surface area contributed by atoms with Crippen LogP contribution in [0.25, 0.3) is 11.3 Å². The number of carbonyl (C=O) groups is 1. The van der Waals surface area contributed by atoms with Gasteiger partial charge in [-0.3, -0.25) is 4.79 Å². The van der Waals surface area contributed by atoms with Gasteiger partial charge in [0, 0.05) is 0 Å². The summed E-state index contributed by atoms with van der Waals surface area (Å²) in [5, 5.41) is 49.5. The molecule has 1 fully saturated rings. The summed E-state index contributed by atoms with van der Waals surface area (Å²) in [6.07, 6.45) is -4.20. The van der Waals surface area contributed by atoms with Crippen molar-refractivity contribution >= 4 is 17.5 Å². The first-order valence-electron chi connectivity index (χ1n) is 8.76. The van der Waals surface area contributed by atoms with Crippen molar-refractivity contribution < 1.29 is 34.4 Å². The number of rotatable bonds is 5.